The lowest BCUT2D eigenvalue weighted by Crippen LogP contribution is -2.17. The number of aryl methyl sites for hydroxylation is 1. The van der Waals surface area contributed by atoms with Crippen molar-refractivity contribution in [2.24, 2.45) is 11.8 Å². The topological polar surface area (TPSA) is 38.0 Å². The van der Waals surface area contributed by atoms with Gasteiger partial charge in [0.15, 0.2) is 0 Å². The first-order chi connectivity index (χ1) is 8.08. The molecule has 0 heterocycles. The molecule has 1 fully saturated rings. The van der Waals surface area contributed by atoms with E-state index in [9.17, 15) is 0 Å². The Kier molecular flexibility index (Phi) is 3.82. The molecule has 3 N–H and O–H groups in total. The summed E-state index contributed by atoms with van der Waals surface area (Å²) in [6, 6.07) is 3.87. The van der Waals surface area contributed by atoms with Crippen LogP contribution in [0.25, 0.3) is 0 Å². The largest absolute Gasteiger partial charge is 0.398 e. The van der Waals surface area contributed by atoms with Crippen LogP contribution in [0.3, 0.4) is 0 Å². The van der Waals surface area contributed by atoms with Gasteiger partial charge in [-0.15, -0.1) is 0 Å². The summed E-state index contributed by atoms with van der Waals surface area (Å²) in [4.78, 5) is 0. The Hall–Kier alpha value is -0.890. The van der Waals surface area contributed by atoms with E-state index in [1.807, 2.05) is 12.1 Å². The maximum atomic E-state index is 6.04. The molecular formula is C14H21ClN2. The molecule has 3 heteroatoms. The molecule has 2 unspecified atom stereocenters. The van der Waals surface area contributed by atoms with Crippen LogP contribution in [0.4, 0.5) is 11.4 Å². The van der Waals surface area contributed by atoms with Gasteiger partial charge in [-0.05, 0) is 42.9 Å². The molecule has 0 bridgehead atoms. The second kappa shape index (κ2) is 5.18. The Labute approximate surface area is 109 Å². The van der Waals surface area contributed by atoms with E-state index in [0.29, 0.717) is 10.7 Å². The van der Waals surface area contributed by atoms with Gasteiger partial charge in [0.25, 0.3) is 0 Å². The Morgan fingerprint density at radius 3 is 2.82 bits per heavy atom. The van der Waals surface area contributed by atoms with Crippen molar-refractivity contribution in [2.75, 3.05) is 17.6 Å². The maximum absolute atomic E-state index is 6.04. The number of hydrogen-bond donors (Lipinski definition) is 2. The van der Waals surface area contributed by atoms with Gasteiger partial charge in [-0.1, -0.05) is 31.4 Å². The molecule has 0 saturated heterocycles. The van der Waals surface area contributed by atoms with E-state index in [2.05, 4.69) is 19.2 Å². The van der Waals surface area contributed by atoms with Gasteiger partial charge in [0.05, 0.1) is 10.7 Å². The van der Waals surface area contributed by atoms with Crippen LogP contribution in [-0.2, 0) is 0 Å². The smallest absolute Gasteiger partial charge is 0.0656 e. The van der Waals surface area contributed by atoms with Crippen LogP contribution >= 0.6 is 11.6 Å². The third-order valence-corrected chi connectivity index (χ3v) is 4.26. The average Bonchev–Trinajstić information content (AvgIpc) is 2.68. The summed E-state index contributed by atoms with van der Waals surface area (Å²) < 4.78 is 0. The quantitative estimate of drug-likeness (QED) is 0.796. The normalized spacial score (nSPS) is 23.9. The van der Waals surface area contributed by atoms with Crippen molar-refractivity contribution in [3.05, 3.63) is 22.7 Å². The van der Waals surface area contributed by atoms with Crippen molar-refractivity contribution < 1.29 is 0 Å². The molecule has 94 valence electrons. The van der Waals surface area contributed by atoms with E-state index in [0.717, 1.165) is 29.6 Å². The summed E-state index contributed by atoms with van der Waals surface area (Å²) in [6.07, 6.45) is 4.08. The Morgan fingerprint density at radius 2 is 2.18 bits per heavy atom. The number of nitrogens with two attached hydrogens (primary N) is 1. The Morgan fingerprint density at radius 1 is 1.41 bits per heavy atom. The number of nitrogens with one attached hydrogen (secondary N) is 1. The molecule has 1 aromatic carbocycles. The molecule has 1 aliphatic rings. The van der Waals surface area contributed by atoms with Crippen molar-refractivity contribution in [3.63, 3.8) is 0 Å². The van der Waals surface area contributed by atoms with Crippen LogP contribution < -0.4 is 11.1 Å². The van der Waals surface area contributed by atoms with Gasteiger partial charge in [0, 0.05) is 12.2 Å². The minimum absolute atomic E-state index is 0.637. The van der Waals surface area contributed by atoms with Gasteiger partial charge in [-0.2, -0.15) is 0 Å². The fourth-order valence-electron chi connectivity index (χ4n) is 2.66. The molecule has 0 radical (unpaired) electrons. The summed E-state index contributed by atoms with van der Waals surface area (Å²) >= 11 is 6.04. The number of benzene rings is 1. The first-order valence-corrected chi connectivity index (χ1v) is 6.75. The van der Waals surface area contributed by atoms with Crippen LogP contribution in [0.2, 0.25) is 5.02 Å². The highest BCUT2D eigenvalue weighted by atomic mass is 35.5. The third kappa shape index (κ3) is 2.86. The summed E-state index contributed by atoms with van der Waals surface area (Å²) in [6.45, 7) is 5.46. The number of nitrogen functional groups attached to an aromatic ring is 1. The summed E-state index contributed by atoms with van der Waals surface area (Å²) in [7, 11) is 0. The van der Waals surface area contributed by atoms with Crippen molar-refractivity contribution in [3.8, 4) is 0 Å². The fourth-order valence-corrected chi connectivity index (χ4v) is 2.82. The van der Waals surface area contributed by atoms with Crippen molar-refractivity contribution in [1.29, 1.82) is 0 Å². The van der Waals surface area contributed by atoms with E-state index in [1.54, 1.807) is 0 Å². The van der Waals surface area contributed by atoms with Crippen LogP contribution in [0.15, 0.2) is 12.1 Å². The summed E-state index contributed by atoms with van der Waals surface area (Å²) in [5.41, 5.74) is 8.71. The molecule has 2 nitrogen and oxygen atoms in total. The molecule has 17 heavy (non-hydrogen) atoms. The van der Waals surface area contributed by atoms with E-state index >= 15 is 0 Å². The van der Waals surface area contributed by atoms with Crippen LogP contribution in [0, 0.1) is 18.8 Å². The number of anilines is 2. The molecule has 1 aromatic rings. The second-order valence-electron chi connectivity index (χ2n) is 5.24. The predicted octanol–water partition coefficient (Wildman–Crippen LogP) is 4.08. The van der Waals surface area contributed by atoms with Crippen LogP contribution in [0.5, 0.6) is 0 Å². The number of rotatable bonds is 3. The predicted molar refractivity (Wildman–Crippen MR) is 75.6 cm³/mol. The molecule has 0 spiro atoms. The van der Waals surface area contributed by atoms with Crippen molar-refractivity contribution in [1.82, 2.24) is 0 Å². The standard InChI is InChI=1S/C14H21ClN2/c1-9-4-3-5-11(9)8-17-14-7-12(15)13(16)6-10(14)2/h6-7,9,11,17H,3-5,8,16H2,1-2H3. The lowest BCUT2D eigenvalue weighted by Gasteiger charge is -2.18. The lowest BCUT2D eigenvalue weighted by atomic mass is 9.98. The van der Waals surface area contributed by atoms with Gasteiger partial charge in [-0.25, -0.2) is 0 Å². The zero-order valence-electron chi connectivity index (χ0n) is 10.6. The zero-order valence-corrected chi connectivity index (χ0v) is 11.3. The highest BCUT2D eigenvalue weighted by Gasteiger charge is 2.22. The summed E-state index contributed by atoms with van der Waals surface area (Å²) in [5.74, 6) is 1.64. The van der Waals surface area contributed by atoms with E-state index < -0.39 is 0 Å². The van der Waals surface area contributed by atoms with Crippen LogP contribution in [0.1, 0.15) is 31.7 Å². The molecule has 1 saturated carbocycles. The highest BCUT2D eigenvalue weighted by Crippen LogP contribution is 2.32. The Balaban J connectivity index is 2.01. The van der Waals surface area contributed by atoms with E-state index in [-0.39, 0.29) is 0 Å². The Bertz CT molecular complexity index is 403. The molecular weight excluding hydrogens is 232 g/mol. The molecule has 2 atom stereocenters. The SMILES string of the molecule is Cc1cc(N)c(Cl)cc1NCC1CCCC1C. The molecule has 0 aromatic heterocycles. The van der Waals surface area contributed by atoms with Gasteiger partial charge >= 0.3 is 0 Å². The van der Waals surface area contributed by atoms with Crippen molar-refractivity contribution >= 4 is 23.0 Å². The second-order valence-corrected chi connectivity index (χ2v) is 5.65. The maximum Gasteiger partial charge on any atom is 0.0656 e. The summed E-state index contributed by atoms with van der Waals surface area (Å²) in [5, 5.41) is 4.15. The molecule has 1 aliphatic carbocycles. The fraction of sp³-hybridized carbons (Fsp3) is 0.571. The highest BCUT2D eigenvalue weighted by molar-refractivity contribution is 6.33. The van der Waals surface area contributed by atoms with E-state index in [4.69, 9.17) is 17.3 Å². The zero-order chi connectivity index (χ0) is 12.4. The molecule has 0 aliphatic heterocycles. The minimum Gasteiger partial charge on any atom is -0.398 e. The first-order valence-electron chi connectivity index (χ1n) is 6.37. The number of hydrogen-bond acceptors (Lipinski definition) is 2. The lowest BCUT2D eigenvalue weighted by molar-refractivity contribution is 0.439. The van der Waals surface area contributed by atoms with E-state index in [1.165, 1.54) is 19.3 Å². The monoisotopic (exact) mass is 252 g/mol. The van der Waals surface area contributed by atoms with Crippen LogP contribution in [-0.4, -0.2) is 6.54 Å². The number of halogens is 1. The molecule has 0 amide bonds. The third-order valence-electron chi connectivity index (χ3n) is 3.94. The van der Waals surface area contributed by atoms with Gasteiger partial charge in [-0.3, -0.25) is 0 Å². The average molecular weight is 253 g/mol. The van der Waals surface area contributed by atoms with Crippen molar-refractivity contribution in [2.45, 2.75) is 33.1 Å². The van der Waals surface area contributed by atoms with Gasteiger partial charge in [0.1, 0.15) is 0 Å². The van der Waals surface area contributed by atoms with Gasteiger partial charge < -0.3 is 11.1 Å². The first kappa shape index (κ1) is 12.6. The molecule has 2 rings (SSSR count). The van der Waals surface area contributed by atoms with Gasteiger partial charge in [0.2, 0.25) is 0 Å². The minimum atomic E-state index is 0.637.